The Balaban J connectivity index is 1.43. The van der Waals surface area contributed by atoms with Crippen LogP contribution in [0.4, 0.5) is 20.5 Å². The Morgan fingerprint density at radius 2 is 1.56 bits per heavy atom. The van der Waals surface area contributed by atoms with Crippen molar-refractivity contribution >= 4 is 17.7 Å². The molecule has 2 saturated heterocycles. The molecule has 0 N–H and O–H groups in total. The highest BCUT2D eigenvalue weighted by atomic mass is 19.1. The number of nitrogens with zero attached hydrogens (tertiary/aromatic N) is 5. The lowest BCUT2D eigenvalue weighted by Crippen LogP contribution is -2.49. The van der Waals surface area contributed by atoms with Crippen LogP contribution >= 0.6 is 0 Å². The molecule has 0 aliphatic carbocycles. The van der Waals surface area contributed by atoms with Crippen molar-refractivity contribution in [3.8, 4) is 0 Å². The van der Waals surface area contributed by atoms with Gasteiger partial charge in [-0.05, 0) is 31.0 Å². The number of anilines is 2. The number of amides is 1. The van der Waals surface area contributed by atoms with Gasteiger partial charge in [0, 0.05) is 45.5 Å². The second-order valence-electron chi connectivity index (χ2n) is 6.78. The van der Waals surface area contributed by atoms with Crippen LogP contribution in [0.3, 0.4) is 0 Å². The van der Waals surface area contributed by atoms with E-state index in [4.69, 9.17) is 0 Å². The normalized spacial score (nSPS) is 17.5. The third-order valence-corrected chi connectivity index (χ3v) is 5.08. The fraction of sp³-hybridized carbons (Fsp3) is 0.421. The number of rotatable bonds is 3. The van der Waals surface area contributed by atoms with Crippen LogP contribution < -0.4 is 9.80 Å². The molecule has 2 aliphatic rings. The molecule has 4 rings (SSSR count). The van der Waals surface area contributed by atoms with Crippen LogP contribution in [0.1, 0.15) is 23.2 Å². The van der Waals surface area contributed by atoms with Crippen LogP contribution in [0.15, 0.2) is 30.5 Å². The number of hydrogen-bond acceptors (Lipinski definition) is 5. The van der Waals surface area contributed by atoms with E-state index in [1.165, 1.54) is 11.0 Å². The number of aromatic nitrogens is 2. The first-order valence-electron chi connectivity index (χ1n) is 9.20. The summed E-state index contributed by atoms with van der Waals surface area (Å²) in [5.74, 6) is -0.708. The largest absolute Gasteiger partial charge is 0.353 e. The molecule has 1 aromatic heterocycles. The topological polar surface area (TPSA) is 52.6 Å². The lowest BCUT2D eigenvalue weighted by atomic mass is 10.1. The lowest BCUT2D eigenvalue weighted by molar-refractivity contribution is 0.0736. The number of hydrogen-bond donors (Lipinski definition) is 0. The molecule has 1 aromatic carbocycles. The Labute approximate surface area is 156 Å². The van der Waals surface area contributed by atoms with E-state index in [0.29, 0.717) is 26.2 Å². The first-order chi connectivity index (χ1) is 13.1. The molecule has 2 aliphatic heterocycles. The maximum Gasteiger partial charge on any atom is 0.259 e. The van der Waals surface area contributed by atoms with Crippen molar-refractivity contribution in [2.24, 2.45) is 0 Å². The van der Waals surface area contributed by atoms with Gasteiger partial charge in [-0.25, -0.2) is 13.8 Å². The fourth-order valence-corrected chi connectivity index (χ4v) is 3.58. The Morgan fingerprint density at radius 3 is 2.22 bits per heavy atom. The summed E-state index contributed by atoms with van der Waals surface area (Å²) < 4.78 is 27.7. The van der Waals surface area contributed by atoms with Gasteiger partial charge < -0.3 is 14.7 Å². The van der Waals surface area contributed by atoms with E-state index in [-0.39, 0.29) is 0 Å². The van der Waals surface area contributed by atoms with E-state index in [1.807, 2.05) is 6.07 Å². The predicted molar refractivity (Wildman–Crippen MR) is 98.0 cm³/mol. The van der Waals surface area contributed by atoms with Crippen LogP contribution in [0.25, 0.3) is 0 Å². The zero-order chi connectivity index (χ0) is 18.8. The average molecular weight is 373 g/mol. The van der Waals surface area contributed by atoms with E-state index in [0.717, 1.165) is 49.8 Å². The molecule has 0 saturated carbocycles. The second kappa shape index (κ2) is 7.46. The third kappa shape index (κ3) is 3.56. The standard InChI is InChI=1S/C19H21F2N5O/c20-14-4-3-5-15(21)17(14)18(27)25-12-10-24(11-13-25)16-6-7-22-19(23-16)26-8-1-2-9-26/h3-7H,1-2,8-13H2. The molecular weight excluding hydrogens is 352 g/mol. The van der Waals surface area contributed by atoms with Gasteiger partial charge in [0.1, 0.15) is 23.0 Å². The molecule has 6 nitrogen and oxygen atoms in total. The summed E-state index contributed by atoms with van der Waals surface area (Å²) in [6.07, 6.45) is 4.06. The van der Waals surface area contributed by atoms with Crippen molar-refractivity contribution in [3.05, 3.63) is 47.7 Å². The molecular formula is C19H21F2N5O. The highest BCUT2D eigenvalue weighted by Crippen LogP contribution is 2.21. The molecule has 3 heterocycles. The minimum absolute atomic E-state index is 0.385. The smallest absolute Gasteiger partial charge is 0.259 e. The molecule has 8 heteroatoms. The van der Waals surface area contributed by atoms with E-state index in [2.05, 4.69) is 19.8 Å². The monoisotopic (exact) mass is 373 g/mol. The lowest BCUT2D eigenvalue weighted by Gasteiger charge is -2.35. The molecule has 1 amide bonds. The predicted octanol–water partition coefficient (Wildman–Crippen LogP) is 2.32. The summed E-state index contributed by atoms with van der Waals surface area (Å²) in [5, 5.41) is 0. The zero-order valence-corrected chi connectivity index (χ0v) is 14.9. The van der Waals surface area contributed by atoms with E-state index < -0.39 is 23.1 Å². The minimum atomic E-state index is -0.825. The minimum Gasteiger partial charge on any atom is -0.353 e. The summed E-state index contributed by atoms with van der Waals surface area (Å²) >= 11 is 0. The number of benzene rings is 1. The summed E-state index contributed by atoms with van der Waals surface area (Å²) in [4.78, 5) is 27.2. The van der Waals surface area contributed by atoms with Crippen LogP contribution in [0, 0.1) is 11.6 Å². The molecule has 0 bridgehead atoms. The van der Waals surface area contributed by atoms with Crippen LogP contribution in [0.5, 0.6) is 0 Å². The summed E-state index contributed by atoms with van der Waals surface area (Å²) in [6, 6.07) is 5.32. The molecule has 0 radical (unpaired) electrons. The van der Waals surface area contributed by atoms with Crippen molar-refractivity contribution in [1.82, 2.24) is 14.9 Å². The zero-order valence-electron chi connectivity index (χ0n) is 14.9. The van der Waals surface area contributed by atoms with Gasteiger partial charge in [0.15, 0.2) is 0 Å². The van der Waals surface area contributed by atoms with E-state index in [9.17, 15) is 13.6 Å². The van der Waals surface area contributed by atoms with Gasteiger partial charge in [-0.2, -0.15) is 4.98 Å². The number of halogens is 2. The van der Waals surface area contributed by atoms with Gasteiger partial charge in [-0.1, -0.05) is 6.07 Å². The molecule has 2 aromatic rings. The number of carbonyl (C=O) groups is 1. The third-order valence-electron chi connectivity index (χ3n) is 5.08. The molecule has 2 fully saturated rings. The van der Waals surface area contributed by atoms with Gasteiger partial charge in [-0.3, -0.25) is 4.79 Å². The van der Waals surface area contributed by atoms with Crippen LogP contribution in [-0.2, 0) is 0 Å². The summed E-state index contributed by atoms with van der Waals surface area (Å²) in [7, 11) is 0. The highest BCUT2D eigenvalue weighted by molar-refractivity contribution is 5.95. The SMILES string of the molecule is O=C(c1c(F)cccc1F)N1CCN(c2ccnc(N3CCCC3)n2)CC1. The fourth-order valence-electron chi connectivity index (χ4n) is 3.58. The van der Waals surface area contributed by atoms with E-state index in [1.54, 1.807) is 6.20 Å². The Hall–Kier alpha value is -2.77. The first kappa shape index (κ1) is 17.6. The van der Waals surface area contributed by atoms with Crippen molar-refractivity contribution in [3.63, 3.8) is 0 Å². The van der Waals surface area contributed by atoms with Gasteiger partial charge >= 0.3 is 0 Å². The van der Waals surface area contributed by atoms with Crippen molar-refractivity contribution in [2.45, 2.75) is 12.8 Å². The van der Waals surface area contributed by atoms with Crippen molar-refractivity contribution in [1.29, 1.82) is 0 Å². The van der Waals surface area contributed by atoms with Crippen molar-refractivity contribution < 1.29 is 13.6 Å². The molecule has 0 spiro atoms. The van der Waals surface area contributed by atoms with Crippen LogP contribution in [-0.4, -0.2) is 60.0 Å². The number of carbonyl (C=O) groups excluding carboxylic acids is 1. The first-order valence-corrected chi connectivity index (χ1v) is 9.20. The van der Waals surface area contributed by atoms with Crippen LogP contribution in [0.2, 0.25) is 0 Å². The Morgan fingerprint density at radius 1 is 0.889 bits per heavy atom. The maximum atomic E-state index is 13.9. The van der Waals surface area contributed by atoms with Gasteiger partial charge in [-0.15, -0.1) is 0 Å². The molecule has 142 valence electrons. The average Bonchev–Trinajstić information content (AvgIpc) is 3.23. The molecule has 0 unspecified atom stereocenters. The molecule has 0 atom stereocenters. The highest BCUT2D eigenvalue weighted by Gasteiger charge is 2.27. The Kier molecular flexibility index (Phi) is 4.87. The summed E-state index contributed by atoms with van der Waals surface area (Å²) in [5.41, 5.74) is -0.482. The summed E-state index contributed by atoms with van der Waals surface area (Å²) in [6.45, 7) is 3.82. The number of piperazine rings is 1. The second-order valence-corrected chi connectivity index (χ2v) is 6.78. The van der Waals surface area contributed by atoms with Crippen molar-refractivity contribution in [2.75, 3.05) is 49.1 Å². The van der Waals surface area contributed by atoms with Gasteiger partial charge in [0.2, 0.25) is 5.95 Å². The van der Waals surface area contributed by atoms with E-state index >= 15 is 0 Å². The quantitative estimate of drug-likeness (QED) is 0.827. The Bertz CT molecular complexity index is 812. The molecule has 27 heavy (non-hydrogen) atoms. The maximum absolute atomic E-state index is 13.9. The van der Waals surface area contributed by atoms with Gasteiger partial charge in [0.05, 0.1) is 0 Å². The van der Waals surface area contributed by atoms with Gasteiger partial charge in [0.25, 0.3) is 5.91 Å².